The van der Waals surface area contributed by atoms with E-state index < -0.39 is 0 Å². The lowest BCUT2D eigenvalue weighted by molar-refractivity contribution is 0.323. The highest BCUT2D eigenvalue weighted by atomic mass is 32.2. The average Bonchev–Trinajstić information content (AvgIpc) is 1.68. The monoisotopic (exact) mass is 130 g/mol. The molecule has 0 spiro atoms. The van der Waals surface area contributed by atoms with Gasteiger partial charge in [-0.25, -0.2) is 0 Å². The third-order valence-corrected chi connectivity index (χ3v) is 4.54. The smallest absolute Gasteiger partial charge is 0.00832 e. The lowest BCUT2D eigenvalue weighted by Gasteiger charge is -2.48. The van der Waals surface area contributed by atoms with Crippen LogP contribution < -0.4 is 0 Å². The summed E-state index contributed by atoms with van der Waals surface area (Å²) in [5, 5.41) is 1.75. The van der Waals surface area contributed by atoms with Crippen LogP contribution in [0, 0.1) is 5.41 Å². The molecule has 0 aliphatic carbocycles. The van der Waals surface area contributed by atoms with E-state index in [-0.39, 0.29) is 0 Å². The van der Waals surface area contributed by atoms with E-state index in [1.165, 1.54) is 0 Å². The summed E-state index contributed by atoms with van der Waals surface area (Å²) in [6.45, 7) is 9.31. The fourth-order valence-corrected chi connectivity index (χ4v) is 2.41. The Hall–Kier alpha value is 0.350. The Kier molecular flexibility index (Phi) is 1.34. The Labute approximate surface area is 56.0 Å². The van der Waals surface area contributed by atoms with Crippen molar-refractivity contribution in [1.82, 2.24) is 0 Å². The number of hydrogen-bond acceptors (Lipinski definition) is 1. The molecule has 0 aromatic rings. The second-order valence-corrected chi connectivity index (χ2v) is 4.93. The SMILES string of the molecule is CC1SC(C)C1(C)C. The average molecular weight is 130 g/mol. The van der Waals surface area contributed by atoms with Crippen LogP contribution in [0.2, 0.25) is 0 Å². The summed E-state index contributed by atoms with van der Waals surface area (Å²) in [5.74, 6) is 0. The van der Waals surface area contributed by atoms with E-state index in [4.69, 9.17) is 0 Å². The van der Waals surface area contributed by atoms with Crippen LogP contribution in [0.15, 0.2) is 0 Å². The topological polar surface area (TPSA) is 0 Å². The van der Waals surface area contributed by atoms with Crippen molar-refractivity contribution in [2.75, 3.05) is 0 Å². The second-order valence-electron chi connectivity index (χ2n) is 3.24. The molecular weight excluding hydrogens is 116 g/mol. The standard InChI is InChI=1S/C7H14S/c1-5-7(3,4)6(2)8-5/h5-6H,1-4H3. The summed E-state index contributed by atoms with van der Waals surface area (Å²) >= 11 is 2.09. The molecule has 1 heteroatoms. The predicted octanol–water partition coefficient (Wildman–Crippen LogP) is 2.54. The molecule has 1 saturated heterocycles. The van der Waals surface area contributed by atoms with Crippen LogP contribution in [0.4, 0.5) is 0 Å². The Morgan fingerprint density at radius 3 is 1.50 bits per heavy atom. The van der Waals surface area contributed by atoms with E-state index >= 15 is 0 Å². The summed E-state index contributed by atoms with van der Waals surface area (Å²) in [5.41, 5.74) is 0.602. The van der Waals surface area contributed by atoms with Gasteiger partial charge in [-0.15, -0.1) is 0 Å². The first-order valence-electron chi connectivity index (χ1n) is 3.20. The fourth-order valence-electron chi connectivity index (χ4n) is 0.915. The maximum Gasteiger partial charge on any atom is 0.00832 e. The van der Waals surface area contributed by atoms with Gasteiger partial charge in [0.25, 0.3) is 0 Å². The maximum absolute atomic E-state index is 2.35. The Balaban J connectivity index is 2.52. The van der Waals surface area contributed by atoms with E-state index in [0.29, 0.717) is 5.41 Å². The fraction of sp³-hybridized carbons (Fsp3) is 1.00. The van der Waals surface area contributed by atoms with Crippen LogP contribution in [0.25, 0.3) is 0 Å². The van der Waals surface area contributed by atoms with Gasteiger partial charge in [0, 0.05) is 10.5 Å². The minimum absolute atomic E-state index is 0.602. The van der Waals surface area contributed by atoms with Crippen LogP contribution in [0.1, 0.15) is 27.7 Å². The van der Waals surface area contributed by atoms with Crippen LogP contribution in [0.5, 0.6) is 0 Å². The molecule has 0 bridgehead atoms. The summed E-state index contributed by atoms with van der Waals surface area (Å²) in [7, 11) is 0. The molecule has 0 aromatic heterocycles. The third-order valence-electron chi connectivity index (χ3n) is 2.50. The lowest BCUT2D eigenvalue weighted by atomic mass is 9.85. The van der Waals surface area contributed by atoms with Crippen molar-refractivity contribution in [3.63, 3.8) is 0 Å². The minimum atomic E-state index is 0.602. The Morgan fingerprint density at radius 2 is 1.50 bits per heavy atom. The molecule has 0 radical (unpaired) electrons. The van der Waals surface area contributed by atoms with Crippen molar-refractivity contribution < 1.29 is 0 Å². The quantitative estimate of drug-likeness (QED) is 0.485. The van der Waals surface area contributed by atoms with Gasteiger partial charge in [-0.3, -0.25) is 0 Å². The molecule has 1 aliphatic rings. The van der Waals surface area contributed by atoms with Gasteiger partial charge in [-0.2, -0.15) is 11.8 Å². The van der Waals surface area contributed by atoms with Crippen LogP contribution in [0.3, 0.4) is 0 Å². The third kappa shape index (κ3) is 0.680. The normalized spacial score (nSPS) is 43.5. The van der Waals surface area contributed by atoms with Crippen molar-refractivity contribution >= 4 is 11.8 Å². The van der Waals surface area contributed by atoms with Gasteiger partial charge < -0.3 is 0 Å². The second kappa shape index (κ2) is 1.66. The van der Waals surface area contributed by atoms with Gasteiger partial charge >= 0.3 is 0 Å². The summed E-state index contributed by atoms with van der Waals surface area (Å²) in [6, 6.07) is 0. The van der Waals surface area contributed by atoms with Crippen molar-refractivity contribution in [1.29, 1.82) is 0 Å². The lowest BCUT2D eigenvalue weighted by Crippen LogP contribution is -2.44. The summed E-state index contributed by atoms with van der Waals surface area (Å²) in [4.78, 5) is 0. The molecule has 1 fully saturated rings. The molecule has 8 heavy (non-hydrogen) atoms. The number of thioether (sulfide) groups is 1. The summed E-state index contributed by atoms with van der Waals surface area (Å²) < 4.78 is 0. The van der Waals surface area contributed by atoms with Gasteiger partial charge in [0.05, 0.1) is 0 Å². The zero-order valence-corrected chi connectivity index (χ0v) is 6.88. The van der Waals surface area contributed by atoms with E-state index in [0.717, 1.165) is 10.5 Å². The van der Waals surface area contributed by atoms with Gasteiger partial charge in [0.1, 0.15) is 0 Å². The van der Waals surface area contributed by atoms with Crippen molar-refractivity contribution in [3.8, 4) is 0 Å². The Bertz CT molecular complexity index is 86.6. The molecular formula is C7H14S. The number of rotatable bonds is 0. The van der Waals surface area contributed by atoms with E-state index in [1.54, 1.807) is 0 Å². The highest BCUT2D eigenvalue weighted by molar-refractivity contribution is 8.02. The largest absolute Gasteiger partial charge is 0.155 e. The predicted molar refractivity (Wildman–Crippen MR) is 40.3 cm³/mol. The molecule has 48 valence electrons. The van der Waals surface area contributed by atoms with Crippen molar-refractivity contribution in [2.24, 2.45) is 5.41 Å². The van der Waals surface area contributed by atoms with Crippen molar-refractivity contribution in [3.05, 3.63) is 0 Å². The molecule has 0 aromatic carbocycles. The first kappa shape index (κ1) is 6.47. The molecule has 1 heterocycles. The van der Waals surface area contributed by atoms with E-state index in [1.807, 2.05) is 0 Å². The van der Waals surface area contributed by atoms with Gasteiger partial charge in [0.15, 0.2) is 0 Å². The highest BCUT2D eigenvalue weighted by Gasteiger charge is 2.42. The first-order chi connectivity index (χ1) is 3.55. The zero-order chi connectivity index (χ0) is 6.36. The first-order valence-corrected chi connectivity index (χ1v) is 4.15. The number of hydrogen-bond donors (Lipinski definition) is 0. The van der Waals surface area contributed by atoms with Crippen LogP contribution in [-0.4, -0.2) is 10.5 Å². The Morgan fingerprint density at radius 1 is 1.12 bits per heavy atom. The van der Waals surface area contributed by atoms with E-state index in [9.17, 15) is 0 Å². The van der Waals surface area contributed by atoms with Gasteiger partial charge in [-0.1, -0.05) is 27.7 Å². The molecule has 0 N–H and O–H groups in total. The van der Waals surface area contributed by atoms with Crippen molar-refractivity contribution in [2.45, 2.75) is 38.2 Å². The van der Waals surface area contributed by atoms with E-state index in [2.05, 4.69) is 39.5 Å². The highest BCUT2D eigenvalue weighted by Crippen LogP contribution is 2.51. The molecule has 0 saturated carbocycles. The van der Waals surface area contributed by atoms with Gasteiger partial charge in [-0.05, 0) is 5.41 Å². The molecule has 0 amide bonds. The molecule has 2 atom stereocenters. The minimum Gasteiger partial charge on any atom is -0.155 e. The van der Waals surface area contributed by atoms with Crippen LogP contribution >= 0.6 is 11.8 Å². The molecule has 2 unspecified atom stereocenters. The van der Waals surface area contributed by atoms with Crippen LogP contribution in [-0.2, 0) is 0 Å². The summed E-state index contributed by atoms with van der Waals surface area (Å²) in [6.07, 6.45) is 0. The molecule has 0 nitrogen and oxygen atoms in total. The van der Waals surface area contributed by atoms with Gasteiger partial charge in [0.2, 0.25) is 0 Å². The zero-order valence-electron chi connectivity index (χ0n) is 6.06. The molecule has 1 rings (SSSR count). The maximum atomic E-state index is 2.35. The molecule has 1 aliphatic heterocycles.